The average Bonchev–Trinajstić information content (AvgIpc) is 2.06. The molecule has 1 nitrogen and oxygen atoms in total. The van der Waals surface area contributed by atoms with Crippen LogP contribution < -0.4 is 5.73 Å². The minimum atomic E-state index is 0.386. The lowest BCUT2D eigenvalue weighted by atomic mass is 9.59. The van der Waals surface area contributed by atoms with Gasteiger partial charge in [0.25, 0.3) is 0 Å². The summed E-state index contributed by atoms with van der Waals surface area (Å²) in [4.78, 5) is 0. The second-order valence-electron chi connectivity index (χ2n) is 5.94. The van der Waals surface area contributed by atoms with E-state index in [1.807, 2.05) is 12.1 Å². The van der Waals surface area contributed by atoms with Crippen molar-refractivity contribution in [3.8, 4) is 0 Å². The van der Waals surface area contributed by atoms with Crippen molar-refractivity contribution in [3.63, 3.8) is 0 Å². The molecule has 0 saturated heterocycles. The minimum Gasteiger partial charge on any atom is -0.398 e. The Labute approximate surface area is 103 Å². The molecular weight excluding hydrogens is 218 g/mol. The molecule has 0 radical (unpaired) electrons. The predicted octanol–water partition coefficient (Wildman–Crippen LogP) is 4.46. The molecule has 16 heavy (non-hydrogen) atoms. The van der Waals surface area contributed by atoms with Gasteiger partial charge in [0.15, 0.2) is 0 Å². The van der Waals surface area contributed by atoms with Crippen molar-refractivity contribution in [2.24, 2.45) is 11.3 Å². The van der Waals surface area contributed by atoms with Crippen molar-refractivity contribution in [2.75, 3.05) is 5.73 Å². The molecule has 0 heterocycles. The number of benzene rings is 1. The molecule has 1 aromatic carbocycles. The summed E-state index contributed by atoms with van der Waals surface area (Å²) >= 11 is 5.95. The Morgan fingerprint density at radius 2 is 1.94 bits per heavy atom. The monoisotopic (exact) mass is 237 g/mol. The first-order chi connectivity index (χ1) is 7.39. The van der Waals surface area contributed by atoms with Crippen LogP contribution in [-0.2, 0) is 0 Å². The first-order valence-corrected chi connectivity index (χ1v) is 6.32. The highest BCUT2D eigenvalue weighted by Crippen LogP contribution is 2.51. The van der Waals surface area contributed by atoms with E-state index in [2.05, 4.69) is 26.8 Å². The summed E-state index contributed by atoms with van der Waals surface area (Å²) in [5.74, 6) is 1.44. The van der Waals surface area contributed by atoms with E-state index in [0.29, 0.717) is 22.0 Å². The quantitative estimate of drug-likeness (QED) is 0.717. The molecular formula is C14H20ClN. The standard InChI is InChI=1S/C14H20ClN/c1-14(2,3)11-6-5-10(11)9-4-7-12(15)13(16)8-9/h4,7-8,10-11H,5-6,16H2,1-3H3. The summed E-state index contributed by atoms with van der Waals surface area (Å²) in [6.07, 6.45) is 2.61. The topological polar surface area (TPSA) is 26.0 Å². The molecule has 1 aromatic rings. The number of anilines is 1. The van der Waals surface area contributed by atoms with Gasteiger partial charge in [-0.25, -0.2) is 0 Å². The fourth-order valence-corrected chi connectivity index (χ4v) is 2.85. The number of rotatable bonds is 1. The summed E-state index contributed by atoms with van der Waals surface area (Å²) < 4.78 is 0. The van der Waals surface area contributed by atoms with Gasteiger partial charge in [-0.1, -0.05) is 38.4 Å². The zero-order valence-electron chi connectivity index (χ0n) is 10.3. The molecule has 0 amide bonds. The van der Waals surface area contributed by atoms with Crippen LogP contribution in [0.4, 0.5) is 5.69 Å². The lowest BCUT2D eigenvalue weighted by Crippen LogP contribution is -2.34. The summed E-state index contributed by atoms with van der Waals surface area (Å²) in [5, 5.41) is 0.662. The lowest BCUT2D eigenvalue weighted by Gasteiger charge is -2.45. The molecule has 2 heteroatoms. The molecule has 1 fully saturated rings. The Hall–Kier alpha value is -0.690. The van der Waals surface area contributed by atoms with Crippen LogP contribution >= 0.6 is 11.6 Å². The highest BCUT2D eigenvalue weighted by atomic mass is 35.5. The molecule has 1 saturated carbocycles. The normalized spacial score (nSPS) is 25.2. The number of nitrogen functional groups attached to an aromatic ring is 1. The molecule has 88 valence electrons. The predicted molar refractivity (Wildman–Crippen MR) is 70.8 cm³/mol. The van der Waals surface area contributed by atoms with Crippen molar-refractivity contribution in [2.45, 2.75) is 39.5 Å². The molecule has 2 unspecified atom stereocenters. The minimum absolute atomic E-state index is 0.386. The van der Waals surface area contributed by atoms with Gasteiger partial charge in [0.2, 0.25) is 0 Å². The summed E-state index contributed by atoms with van der Waals surface area (Å²) in [7, 11) is 0. The third kappa shape index (κ3) is 2.06. The highest BCUT2D eigenvalue weighted by molar-refractivity contribution is 6.33. The summed E-state index contributed by atoms with van der Waals surface area (Å²) in [5.41, 5.74) is 8.31. The van der Waals surface area contributed by atoms with Crippen LogP contribution in [0.2, 0.25) is 5.02 Å². The molecule has 0 aromatic heterocycles. The van der Waals surface area contributed by atoms with E-state index < -0.39 is 0 Å². The molecule has 1 aliphatic rings. The Balaban J connectivity index is 2.22. The highest BCUT2D eigenvalue weighted by Gasteiger charge is 2.39. The number of nitrogens with two attached hydrogens (primary N) is 1. The molecule has 0 spiro atoms. The van der Waals surface area contributed by atoms with Crippen molar-refractivity contribution in [1.29, 1.82) is 0 Å². The number of hydrogen-bond donors (Lipinski definition) is 1. The van der Waals surface area contributed by atoms with Gasteiger partial charge >= 0.3 is 0 Å². The first-order valence-electron chi connectivity index (χ1n) is 5.94. The maximum absolute atomic E-state index is 5.95. The van der Waals surface area contributed by atoms with Gasteiger partial charge in [-0.05, 0) is 47.8 Å². The van der Waals surface area contributed by atoms with Gasteiger partial charge in [-0.3, -0.25) is 0 Å². The largest absolute Gasteiger partial charge is 0.398 e. The zero-order valence-corrected chi connectivity index (χ0v) is 11.0. The Morgan fingerprint density at radius 1 is 1.25 bits per heavy atom. The Kier molecular flexibility index (Phi) is 2.91. The zero-order chi connectivity index (χ0) is 11.9. The van der Waals surface area contributed by atoms with E-state index in [4.69, 9.17) is 17.3 Å². The molecule has 0 aliphatic heterocycles. The third-order valence-corrected chi connectivity index (χ3v) is 4.18. The fourth-order valence-electron chi connectivity index (χ4n) is 2.73. The lowest BCUT2D eigenvalue weighted by molar-refractivity contribution is 0.106. The van der Waals surface area contributed by atoms with E-state index >= 15 is 0 Å². The molecule has 2 atom stereocenters. The van der Waals surface area contributed by atoms with Gasteiger partial charge in [0, 0.05) is 0 Å². The maximum Gasteiger partial charge on any atom is 0.0635 e. The smallest absolute Gasteiger partial charge is 0.0635 e. The first kappa shape index (κ1) is 11.8. The van der Waals surface area contributed by atoms with Gasteiger partial charge in [0.1, 0.15) is 0 Å². The number of hydrogen-bond acceptors (Lipinski definition) is 1. The van der Waals surface area contributed by atoms with Crippen LogP contribution in [0.3, 0.4) is 0 Å². The Bertz CT molecular complexity index is 392. The van der Waals surface area contributed by atoms with Crippen LogP contribution in [-0.4, -0.2) is 0 Å². The van der Waals surface area contributed by atoms with E-state index in [1.54, 1.807) is 0 Å². The SMILES string of the molecule is CC(C)(C)C1CCC1c1ccc(Cl)c(N)c1. The summed E-state index contributed by atoms with van der Waals surface area (Å²) in [6.45, 7) is 6.97. The van der Waals surface area contributed by atoms with Crippen molar-refractivity contribution in [1.82, 2.24) is 0 Å². The van der Waals surface area contributed by atoms with Crippen molar-refractivity contribution in [3.05, 3.63) is 28.8 Å². The Morgan fingerprint density at radius 3 is 2.38 bits per heavy atom. The van der Waals surface area contributed by atoms with Crippen molar-refractivity contribution < 1.29 is 0 Å². The van der Waals surface area contributed by atoms with Crippen molar-refractivity contribution >= 4 is 17.3 Å². The molecule has 1 aliphatic carbocycles. The van der Waals surface area contributed by atoms with Crippen LogP contribution in [0.25, 0.3) is 0 Å². The van der Waals surface area contributed by atoms with Gasteiger partial charge in [-0.15, -0.1) is 0 Å². The molecule has 2 N–H and O–H groups in total. The van der Waals surface area contributed by atoms with Gasteiger partial charge in [0.05, 0.1) is 10.7 Å². The van der Waals surface area contributed by atoms with Crippen LogP contribution in [0.1, 0.15) is 45.1 Å². The second kappa shape index (κ2) is 3.96. The average molecular weight is 238 g/mol. The number of halogens is 1. The second-order valence-corrected chi connectivity index (χ2v) is 6.34. The molecule has 2 rings (SSSR count). The maximum atomic E-state index is 5.95. The van der Waals surface area contributed by atoms with Gasteiger partial charge in [-0.2, -0.15) is 0 Å². The van der Waals surface area contributed by atoms with E-state index in [-0.39, 0.29) is 0 Å². The molecule has 0 bridgehead atoms. The van der Waals surface area contributed by atoms with E-state index in [9.17, 15) is 0 Å². The van der Waals surface area contributed by atoms with Crippen LogP contribution in [0.5, 0.6) is 0 Å². The fraction of sp³-hybridized carbons (Fsp3) is 0.571. The summed E-state index contributed by atoms with van der Waals surface area (Å²) in [6, 6.07) is 6.09. The van der Waals surface area contributed by atoms with Gasteiger partial charge < -0.3 is 5.73 Å². The van der Waals surface area contributed by atoms with E-state index in [0.717, 1.165) is 5.92 Å². The van der Waals surface area contributed by atoms with Crippen LogP contribution in [0.15, 0.2) is 18.2 Å². The third-order valence-electron chi connectivity index (χ3n) is 3.83. The van der Waals surface area contributed by atoms with Crippen LogP contribution in [0, 0.1) is 11.3 Å². The van der Waals surface area contributed by atoms with E-state index in [1.165, 1.54) is 18.4 Å².